The topological polar surface area (TPSA) is 34.1 Å². The summed E-state index contributed by atoms with van der Waals surface area (Å²) in [5.41, 5.74) is 0. The molecule has 0 spiro atoms. The zero-order chi connectivity index (χ0) is 7.56. The van der Waals surface area contributed by atoms with Gasteiger partial charge < -0.3 is 0 Å². The first kappa shape index (κ1) is 7.87. The van der Waals surface area contributed by atoms with E-state index < -0.39 is 10.7 Å². The second-order valence-electron chi connectivity index (χ2n) is 1.69. The second-order valence-corrected chi connectivity index (χ2v) is 3.88. The molecule has 0 N–H and O–H groups in total. The monoisotopic (exact) mass is 267 g/mol. The van der Waals surface area contributed by atoms with Crippen molar-refractivity contribution < 1.29 is 8.42 Å². The maximum absolute atomic E-state index is 10.3. The highest BCUT2D eigenvalue weighted by Gasteiger charge is 1.93. The lowest BCUT2D eigenvalue weighted by Gasteiger charge is -1.87. The Kier molecular flexibility index (Phi) is 2.56. The van der Waals surface area contributed by atoms with Gasteiger partial charge in [-0.25, -0.2) is 0 Å². The molecule has 2 nitrogen and oxygen atoms in total. The molecular weight excluding hydrogens is 263 g/mol. The SMILES string of the molecule is O=[S](=O)c1ccc(I)cc1. The molecule has 53 valence electrons. The molecule has 1 radical (unpaired) electrons. The standard InChI is InChI=1S/C6H4IO2S/c7-5-1-3-6(4-2-5)10(8)9/h1-4H. The van der Waals surface area contributed by atoms with E-state index in [9.17, 15) is 8.42 Å². The Bertz CT molecular complexity index is 281. The van der Waals surface area contributed by atoms with Crippen LogP contribution in [0.4, 0.5) is 0 Å². The first-order chi connectivity index (χ1) is 4.70. The Balaban J connectivity index is 3.12. The molecular formula is C6H4IO2S. The molecule has 10 heavy (non-hydrogen) atoms. The van der Waals surface area contributed by atoms with Crippen molar-refractivity contribution >= 4 is 33.3 Å². The quantitative estimate of drug-likeness (QED) is 0.723. The lowest BCUT2D eigenvalue weighted by molar-refractivity contribution is 0.614. The van der Waals surface area contributed by atoms with E-state index in [2.05, 4.69) is 22.6 Å². The number of halogens is 1. The summed E-state index contributed by atoms with van der Waals surface area (Å²) in [5, 5.41) is 0. The van der Waals surface area contributed by atoms with E-state index in [0.717, 1.165) is 3.57 Å². The van der Waals surface area contributed by atoms with Gasteiger partial charge in [0.2, 0.25) is 10.7 Å². The van der Waals surface area contributed by atoms with Crippen molar-refractivity contribution in [1.29, 1.82) is 0 Å². The predicted molar refractivity (Wildman–Crippen MR) is 46.3 cm³/mol. The molecule has 0 unspecified atom stereocenters. The summed E-state index contributed by atoms with van der Waals surface area (Å²) in [4.78, 5) is 0.334. The van der Waals surface area contributed by atoms with Gasteiger partial charge in [0.1, 0.15) is 0 Å². The predicted octanol–water partition coefficient (Wildman–Crippen LogP) is 1.53. The molecule has 0 aliphatic carbocycles. The van der Waals surface area contributed by atoms with Crippen molar-refractivity contribution in [2.75, 3.05) is 0 Å². The van der Waals surface area contributed by atoms with Crippen LogP contribution in [0.25, 0.3) is 0 Å². The Morgan fingerprint density at radius 1 is 1.10 bits per heavy atom. The fourth-order valence-electron chi connectivity index (χ4n) is 0.546. The minimum Gasteiger partial charge on any atom is -0.184 e. The number of hydrogen-bond acceptors (Lipinski definition) is 2. The van der Waals surface area contributed by atoms with Gasteiger partial charge >= 0.3 is 0 Å². The Labute approximate surface area is 74.4 Å². The summed E-state index contributed by atoms with van der Waals surface area (Å²) in [5.74, 6) is 0. The highest BCUT2D eigenvalue weighted by molar-refractivity contribution is 14.1. The zero-order valence-electron chi connectivity index (χ0n) is 4.91. The summed E-state index contributed by atoms with van der Waals surface area (Å²) in [6.07, 6.45) is 0. The van der Waals surface area contributed by atoms with Crippen LogP contribution in [0, 0.1) is 3.57 Å². The van der Waals surface area contributed by atoms with E-state index in [-0.39, 0.29) is 0 Å². The van der Waals surface area contributed by atoms with E-state index in [4.69, 9.17) is 0 Å². The van der Waals surface area contributed by atoms with E-state index in [1.807, 2.05) is 0 Å². The van der Waals surface area contributed by atoms with Crippen LogP contribution >= 0.6 is 22.6 Å². The summed E-state index contributed by atoms with van der Waals surface area (Å²) in [6.45, 7) is 0. The van der Waals surface area contributed by atoms with Crippen LogP contribution in [0.15, 0.2) is 29.2 Å². The molecule has 0 fully saturated rings. The number of hydrogen-bond donors (Lipinski definition) is 0. The Hall–Kier alpha value is -0.230. The van der Waals surface area contributed by atoms with Gasteiger partial charge in [-0.15, -0.1) is 0 Å². The van der Waals surface area contributed by atoms with Gasteiger partial charge in [-0.1, -0.05) is 0 Å². The third kappa shape index (κ3) is 1.88. The number of rotatable bonds is 1. The van der Waals surface area contributed by atoms with Crippen molar-refractivity contribution in [1.82, 2.24) is 0 Å². The van der Waals surface area contributed by atoms with Gasteiger partial charge in [-0.05, 0) is 46.9 Å². The van der Waals surface area contributed by atoms with Crippen molar-refractivity contribution in [3.8, 4) is 0 Å². The average Bonchev–Trinajstić information content (AvgIpc) is 1.88. The van der Waals surface area contributed by atoms with Gasteiger partial charge in [-0.3, -0.25) is 0 Å². The first-order valence-corrected chi connectivity index (χ1v) is 4.70. The molecule has 1 aromatic carbocycles. The third-order valence-corrected chi connectivity index (χ3v) is 2.38. The van der Waals surface area contributed by atoms with Crippen molar-refractivity contribution in [2.45, 2.75) is 4.90 Å². The maximum atomic E-state index is 10.3. The van der Waals surface area contributed by atoms with Gasteiger partial charge in [0.25, 0.3) is 0 Å². The molecule has 0 saturated carbocycles. The largest absolute Gasteiger partial charge is 0.221 e. The van der Waals surface area contributed by atoms with E-state index in [1.54, 1.807) is 24.3 Å². The minimum absolute atomic E-state index is 0.334. The van der Waals surface area contributed by atoms with Crippen LogP contribution in [0.5, 0.6) is 0 Å². The molecule has 0 aliphatic rings. The van der Waals surface area contributed by atoms with E-state index >= 15 is 0 Å². The van der Waals surface area contributed by atoms with Gasteiger partial charge in [0, 0.05) is 3.57 Å². The molecule has 1 rings (SSSR count). The molecule has 0 amide bonds. The first-order valence-electron chi connectivity index (χ1n) is 2.55. The smallest absolute Gasteiger partial charge is 0.184 e. The highest BCUT2D eigenvalue weighted by Crippen LogP contribution is 2.06. The molecule has 4 heteroatoms. The molecule has 0 bridgehead atoms. The lowest BCUT2D eigenvalue weighted by Crippen LogP contribution is -1.78. The van der Waals surface area contributed by atoms with Gasteiger partial charge in [0.05, 0.1) is 4.90 Å². The van der Waals surface area contributed by atoms with Crippen molar-refractivity contribution in [2.24, 2.45) is 0 Å². The second kappa shape index (κ2) is 3.25. The summed E-state index contributed by atoms with van der Waals surface area (Å²) in [7, 11) is -2.09. The van der Waals surface area contributed by atoms with Crippen molar-refractivity contribution in [3.05, 3.63) is 27.8 Å². The van der Waals surface area contributed by atoms with E-state index in [0.29, 0.717) is 4.90 Å². The normalized spacial score (nSPS) is 9.30. The third-order valence-electron chi connectivity index (χ3n) is 1.01. The molecule has 1 aromatic rings. The molecule has 0 heterocycles. The number of benzene rings is 1. The van der Waals surface area contributed by atoms with Gasteiger partial charge in [0.15, 0.2) is 0 Å². The fraction of sp³-hybridized carbons (Fsp3) is 0. The molecule has 0 aromatic heterocycles. The van der Waals surface area contributed by atoms with Crippen LogP contribution in [0.3, 0.4) is 0 Å². The summed E-state index contributed by atoms with van der Waals surface area (Å²) < 4.78 is 21.7. The van der Waals surface area contributed by atoms with Gasteiger partial charge in [-0.2, -0.15) is 8.42 Å². The maximum Gasteiger partial charge on any atom is 0.221 e. The summed E-state index contributed by atoms with van der Waals surface area (Å²) >= 11 is 2.12. The molecule has 0 saturated heterocycles. The van der Waals surface area contributed by atoms with Crippen LogP contribution in [0.1, 0.15) is 0 Å². The van der Waals surface area contributed by atoms with Crippen LogP contribution in [-0.2, 0) is 10.7 Å². The Morgan fingerprint density at radius 2 is 1.60 bits per heavy atom. The average molecular weight is 267 g/mol. The zero-order valence-corrected chi connectivity index (χ0v) is 7.89. The van der Waals surface area contributed by atoms with Crippen LogP contribution in [0.2, 0.25) is 0 Å². The molecule has 0 atom stereocenters. The fourth-order valence-corrected chi connectivity index (χ4v) is 1.26. The van der Waals surface area contributed by atoms with Crippen molar-refractivity contribution in [3.63, 3.8) is 0 Å². The van der Waals surface area contributed by atoms with E-state index in [1.165, 1.54) is 0 Å². The minimum atomic E-state index is -2.09. The molecule has 0 aliphatic heterocycles. The van der Waals surface area contributed by atoms with Crippen LogP contribution in [-0.4, -0.2) is 8.42 Å². The Morgan fingerprint density at radius 3 is 2.00 bits per heavy atom. The lowest BCUT2D eigenvalue weighted by atomic mass is 10.4. The highest BCUT2D eigenvalue weighted by atomic mass is 127. The summed E-state index contributed by atoms with van der Waals surface area (Å²) in [6, 6.07) is 6.66. The van der Waals surface area contributed by atoms with Crippen LogP contribution < -0.4 is 0 Å².